The fourth-order valence-corrected chi connectivity index (χ4v) is 6.85. The lowest BCUT2D eigenvalue weighted by Gasteiger charge is -2.26. The standard InChI is InChI=1S/C45H34N2O6/c1-45(2,31-16-20-35(21-17-31)53-36-22-24-38-40(28-36)44(51)47(42(38)49)33-11-7-4-8-12-33)30-14-18-34(19-15-30)52-26-25-29-13-23-37-39(27-29)43(50)46(41(37)48)32-9-5-3-6-10-32/h3-24,27-28H,25-26H2,1-2H3. The quantitative estimate of drug-likeness (QED) is 0.133. The molecule has 0 saturated carbocycles. The van der Waals surface area contributed by atoms with Crippen molar-refractivity contribution in [3.05, 3.63) is 185 Å². The minimum Gasteiger partial charge on any atom is -0.493 e. The van der Waals surface area contributed by atoms with Gasteiger partial charge in [-0.1, -0.05) is 80.6 Å². The molecule has 8 rings (SSSR count). The minimum absolute atomic E-state index is 0.309. The summed E-state index contributed by atoms with van der Waals surface area (Å²) in [5.74, 6) is 0.466. The Morgan fingerprint density at radius 3 is 1.47 bits per heavy atom. The van der Waals surface area contributed by atoms with E-state index in [1.54, 1.807) is 78.9 Å². The molecule has 2 heterocycles. The second-order valence-corrected chi connectivity index (χ2v) is 13.5. The number of amides is 4. The van der Waals surface area contributed by atoms with E-state index in [0.717, 1.165) is 22.4 Å². The Bertz CT molecular complexity index is 2390. The van der Waals surface area contributed by atoms with Crippen LogP contribution in [0.3, 0.4) is 0 Å². The third kappa shape index (κ3) is 6.14. The molecule has 4 amide bonds. The molecule has 0 atom stereocenters. The Hall–Kier alpha value is -6.80. The van der Waals surface area contributed by atoms with E-state index in [4.69, 9.17) is 9.47 Å². The Morgan fingerprint density at radius 1 is 0.472 bits per heavy atom. The highest BCUT2D eigenvalue weighted by molar-refractivity contribution is 6.35. The Morgan fingerprint density at radius 2 is 0.925 bits per heavy atom. The van der Waals surface area contributed by atoms with Crippen LogP contribution in [-0.2, 0) is 11.8 Å². The molecule has 8 heteroatoms. The SMILES string of the molecule is CC(C)(c1ccc(OCCc2ccc3c(c2)C(=O)N(c2ccccc2)C3=O)cc1)c1ccc(Oc2ccc3c(c2)C(=O)N(c2ccccc2)C3=O)cc1. The third-order valence-electron chi connectivity index (χ3n) is 9.88. The zero-order valence-electron chi connectivity index (χ0n) is 29.1. The van der Waals surface area contributed by atoms with E-state index in [-0.39, 0.29) is 29.0 Å². The predicted octanol–water partition coefficient (Wildman–Crippen LogP) is 9.03. The summed E-state index contributed by atoms with van der Waals surface area (Å²) < 4.78 is 12.2. The van der Waals surface area contributed by atoms with Gasteiger partial charge in [0.25, 0.3) is 23.6 Å². The highest BCUT2D eigenvalue weighted by Crippen LogP contribution is 2.36. The van der Waals surface area contributed by atoms with Crippen LogP contribution in [0.1, 0.15) is 72.0 Å². The second kappa shape index (κ2) is 13.4. The molecule has 2 aliphatic rings. The van der Waals surface area contributed by atoms with Crippen LogP contribution in [0.2, 0.25) is 0 Å². The van der Waals surface area contributed by atoms with Crippen LogP contribution in [0.15, 0.2) is 146 Å². The molecule has 0 radical (unpaired) electrons. The molecule has 6 aromatic rings. The fraction of sp³-hybridized carbons (Fsp3) is 0.111. The van der Waals surface area contributed by atoms with Gasteiger partial charge in [0.1, 0.15) is 17.2 Å². The number of carbonyl (C=O) groups excluding carboxylic acids is 4. The summed E-state index contributed by atoms with van der Waals surface area (Å²) in [6, 6.07) is 44.0. The molecule has 0 aromatic heterocycles. The van der Waals surface area contributed by atoms with Crippen molar-refractivity contribution >= 4 is 35.0 Å². The van der Waals surface area contributed by atoms with Gasteiger partial charge >= 0.3 is 0 Å². The number of rotatable bonds is 10. The summed E-state index contributed by atoms with van der Waals surface area (Å²) in [6.07, 6.45) is 0.577. The van der Waals surface area contributed by atoms with Crippen molar-refractivity contribution in [2.45, 2.75) is 25.7 Å². The van der Waals surface area contributed by atoms with Crippen LogP contribution in [-0.4, -0.2) is 30.2 Å². The molecule has 53 heavy (non-hydrogen) atoms. The van der Waals surface area contributed by atoms with Gasteiger partial charge in [-0.05, 0) is 95.6 Å². The highest BCUT2D eigenvalue weighted by Gasteiger charge is 2.38. The van der Waals surface area contributed by atoms with Gasteiger partial charge < -0.3 is 9.47 Å². The van der Waals surface area contributed by atoms with Gasteiger partial charge in [-0.25, -0.2) is 9.80 Å². The first-order valence-corrected chi connectivity index (χ1v) is 17.4. The number of anilines is 2. The minimum atomic E-state index is -0.374. The van der Waals surface area contributed by atoms with Crippen LogP contribution in [0.5, 0.6) is 17.2 Å². The topological polar surface area (TPSA) is 93.2 Å². The van der Waals surface area contributed by atoms with E-state index < -0.39 is 0 Å². The van der Waals surface area contributed by atoms with Crippen molar-refractivity contribution in [3.63, 3.8) is 0 Å². The van der Waals surface area contributed by atoms with Gasteiger partial charge in [0.05, 0.1) is 40.2 Å². The van der Waals surface area contributed by atoms with Gasteiger partial charge in [-0.2, -0.15) is 0 Å². The van der Waals surface area contributed by atoms with Gasteiger partial charge in [-0.3, -0.25) is 19.2 Å². The van der Waals surface area contributed by atoms with Crippen LogP contribution >= 0.6 is 0 Å². The lowest BCUT2D eigenvalue weighted by atomic mass is 9.78. The number of imide groups is 2. The molecule has 6 aromatic carbocycles. The lowest BCUT2D eigenvalue weighted by Crippen LogP contribution is -2.29. The van der Waals surface area contributed by atoms with Gasteiger partial charge in [0, 0.05) is 11.8 Å². The number of nitrogens with zero attached hydrogens (tertiary/aromatic N) is 2. The van der Waals surface area contributed by atoms with Crippen molar-refractivity contribution in [1.82, 2.24) is 0 Å². The lowest BCUT2D eigenvalue weighted by molar-refractivity contribution is 0.0910. The molecule has 0 spiro atoms. The maximum atomic E-state index is 13.2. The maximum Gasteiger partial charge on any atom is 0.266 e. The summed E-state index contributed by atoms with van der Waals surface area (Å²) in [5, 5.41) is 0. The monoisotopic (exact) mass is 698 g/mol. The summed E-state index contributed by atoms with van der Waals surface area (Å²) in [5.41, 5.74) is 5.37. The number of fused-ring (bicyclic) bond motifs is 2. The average Bonchev–Trinajstić information content (AvgIpc) is 3.58. The first kappa shape index (κ1) is 33.3. The molecule has 0 N–H and O–H groups in total. The molecule has 0 bridgehead atoms. The van der Waals surface area contributed by atoms with E-state index in [2.05, 4.69) is 26.0 Å². The van der Waals surface area contributed by atoms with Gasteiger partial charge in [0.15, 0.2) is 0 Å². The largest absolute Gasteiger partial charge is 0.493 e. The smallest absolute Gasteiger partial charge is 0.266 e. The molecule has 0 saturated heterocycles. The summed E-state index contributed by atoms with van der Waals surface area (Å²) >= 11 is 0. The summed E-state index contributed by atoms with van der Waals surface area (Å²) in [6.45, 7) is 4.71. The van der Waals surface area contributed by atoms with Crippen LogP contribution in [0, 0.1) is 0 Å². The van der Waals surface area contributed by atoms with Crippen LogP contribution in [0.4, 0.5) is 11.4 Å². The van der Waals surface area contributed by atoms with E-state index >= 15 is 0 Å². The summed E-state index contributed by atoms with van der Waals surface area (Å²) in [7, 11) is 0. The first-order chi connectivity index (χ1) is 25.7. The molecule has 0 unspecified atom stereocenters. The fourth-order valence-electron chi connectivity index (χ4n) is 6.85. The van der Waals surface area contributed by atoms with Crippen molar-refractivity contribution in [2.24, 2.45) is 0 Å². The van der Waals surface area contributed by atoms with Crippen molar-refractivity contribution in [3.8, 4) is 17.2 Å². The van der Waals surface area contributed by atoms with Crippen LogP contribution < -0.4 is 19.3 Å². The molecule has 260 valence electrons. The normalized spacial score (nSPS) is 13.7. The maximum absolute atomic E-state index is 13.2. The predicted molar refractivity (Wildman–Crippen MR) is 202 cm³/mol. The van der Waals surface area contributed by atoms with E-state index in [9.17, 15) is 19.2 Å². The van der Waals surface area contributed by atoms with Crippen LogP contribution in [0.25, 0.3) is 0 Å². The molecule has 0 fully saturated rings. The van der Waals surface area contributed by atoms with Gasteiger partial charge in [-0.15, -0.1) is 0 Å². The third-order valence-corrected chi connectivity index (χ3v) is 9.88. The highest BCUT2D eigenvalue weighted by atomic mass is 16.5. The average molecular weight is 699 g/mol. The summed E-state index contributed by atoms with van der Waals surface area (Å²) in [4.78, 5) is 54.6. The number of hydrogen-bond donors (Lipinski definition) is 0. The number of para-hydroxylation sites is 2. The number of hydrogen-bond acceptors (Lipinski definition) is 6. The number of benzene rings is 6. The van der Waals surface area contributed by atoms with Gasteiger partial charge in [0.2, 0.25) is 0 Å². The molecular formula is C45H34N2O6. The van der Waals surface area contributed by atoms with Crippen molar-refractivity contribution in [2.75, 3.05) is 16.4 Å². The van der Waals surface area contributed by atoms with Crippen molar-refractivity contribution < 1.29 is 28.7 Å². The van der Waals surface area contributed by atoms with Crippen molar-refractivity contribution in [1.29, 1.82) is 0 Å². The van der Waals surface area contributed by atoms with E-state index in [0.29, 0.717) is 58.2 Å². The zero-order valence-corrected chi connectivity index (χ0v) is 29.1. The van der Waals surface area contributed by atoms with E-state index in [1.807, 2.05) is 54.6 Å². The Balaban J connectivity index is 0.880. The molecule has 2 aliphatic heterocycles. The number of carbonyl (C=O) groups is 4. The molecule has 0 aliphatic carbocycles. The molecule has 8 nitrogen and oxygen atoms in total. The second-order valence-electron chi connectivity index (χ2n) is 13.5. The molecular weight excluding hydrogens is 665 g/mol. The Labute approximate surface area is 306 Å². The first-order valence-electron chi connectivity index (χ1n) is 17.4. The van der Waals surface area contributed by atoms with E-state index in [1.165, 1.54) is 9.80 Å². The number of ether oxygens (including phenoxy) is 2. The Kier molecular flexibility index (Phi) is 8.43. The zero-order chi connectivity index (χ0) is 36.7.